The molecule has 0 aliphatic rings. The molecule has 0 amide bonds. The van der Waals surface area contributed by atoms with Crippen molar-refractivity contribution >= 4 is 22.1 Å². The van der Waals surface area contributed by atoms with Gasteiger partial charge >= 0.3 is 0 Å². The third-order valence-electron chi connectivity index (χ3n) is 5.63. The van der Waals surface area contributed by atoms with Crippen LogP contribution in [-0.2, 0) is 14.1 Å². The van der Waals surface area contributed by atoms with Crippen molar-refractivity contribution in [3.05, 3.63) is 71.8 Å². The molecule has 0 saturated carbocycles. The number of rotatable bonds is 2. The first kappa shape index (κ1) is 16.8. The standard InChI is InChI=1S/C24H22N4/c1-15-13-16(2)18(24-26-20-10-6-8-12-22(20)28(24)4)14-17(15)23-25-19-9-5-7-11-21(19)27(23)3/h5-14H,1-4H3. The molecule has 0 spiro atoms. The topological polar surface area (TPSA) is 35.6 Å². The van der Waals surface area contributed by atoms with Gasteiger partial charge in [-0.3, -0.25) is 0 Å². The van der Waals surface area contributed by atoms with Gasteiger partial charge in [-0.1, -0.05) is 30.3 Å². The van der Waals surface area contributed by atoms with E-state index in [0.29, 0.717) is 0 Å². The van der Waals surface area contributed by atoms with Gasteiger partial charge in [0.2, 0.25) is 0 Å². The van der Waals surface area contributed by atoms with E-state index >= 15 is 0 Å². The van der Waals surface area contributed by atoms with Crippen molar-refractivity contribution in [1.29, 1.82) is 0 Å². The summed E-state index contributed by atoms with van der Waals surface area (Å²) in [5, 5.41) is 0. The van der Waals surface area contributed by atoms with Crippen LogP contribution in [0.5, 0.6) is 0 Å². The second-order valence-electron chi connectivity index (χ2n) is 7.45. The van der Waals surface area contributed by atoms with Gasteiger partial charge in [-0.25, -0.2) is 9.97 Å². The van der Waals surface area contributed by atoms with Gasteiger partial charge in [0.05, 0.1) is 22.1 Å². The van der Waals surface area contributed by atoms with Crippen LogP contribution in [0, 0.1) is 13.8 Å². The molecular weight excluding hydrogens is 344 g/mol. The largest absolute Gasteiger partial charge is 0.327 e. The lowest BCUT2D eigenvalue weighted by molar-refractivity contribution is 0.951. The fourth-order valence-electron chi connectivity index (χ4n) is 4.11. The molecule has 4 heteroatoms. The number of fused-ring (bicyclic) bond motifs is 2. The van der Waals surface area contributed by atoms with E-state index in [-0.39, 0.29) is 0 Å². The molecule has 138 valence electrons. The third kappa shape index (κ3) is 2.38. The zero-order chi connectivity index (χ0) is 19.4. The van der Waals surface area contributed by atoms with Gasteiger partial charge in [-0.15, -0.1) is 0 Å². The quantitative estimate of drug-likeness (QED) is 0.419. The van der Waals surface area contributed by atoms with Gasteiger partial charge in [-0.2, -0.15) is 0 Å². The summed E-state index contributed by atoms with van der Waals surface area (Å²) in [4.78, 5) is 9.82. The van der Waals surface area contributed by atoms with Gasteiger partial charge in [-0.05, 0) is 55.3 Å². The number of aromatic nitrogens is 4. The van der Waals surface area contributed by atoms with E-state index in [1.807, 2.05) is 12.1 Å². The van der Waals surface area contributed by atoms with Crippen LogP contribution < -0.4 is 0 Å². The Kier molecular flexibility index (Phi) is 3.63. The fourth-order valence-corrected chi connectivity index (χ4v) is 4.11. The number of hydrogen-bond acceptors (Lipinski definition) is 2. The van der Waals surface area contributed by atoms with E-state index in [1.165, 1.54) is 11.1 Å². The van der Waals surface area contributed by atoms with Crippen LogP contribution in [-0.4, -0.2) is 19.1 Å². The Morgan fingerprint density at radius 3 is 1.46 bits per heavy atom. The molecule has 5 aromatic rings. The van der Waals surface area contributed by atoms with E-state index in [9.17, 15) is 0 Å². The van der Waals surface area contributed by atoms with Crippen molar-refractivity contribution in [3.63, 3.8) is 0 Å². The van der Waals surface area contributed by atoms with Crippen LogP contribution >= 0.6 is 0 Å². The summed E-state index contributed by atoms with van der Waals surface area (Å²) < 4.78 is 4.34. The maximum atomic E-state index is 4.91. The fraction of sp³-hybridized carbons (Fsp3) is 0.167. The summed E-state index contributed by atoms with van der Waals surface area (Å²) in [5.74, 6) is 1.97. The van der Waals surface area contributed by atoms with Crippen molar-refractivity contribution in [3.8, 4) is 22.8 Å². The number of nitrogens with zero attached hydrogens (tertiary/aromatic N) is 4. The summed E-state index contributed by atoms with van der Waals surface area (Å²) in [6.07, 6.45) is 0. The van der Waals surface area contributed by atoms with Crippen molar-refractivity contribution in [2.75, 3.05) is 0 Å². The lowest BCUT2D eigenvalue weighted by Crippen LogP contribution is -1.99. The SMILES string of the molecule is Cc1cc(C)c(-c2nc3ccccc3n2C)cc1-c1nc2ccccc2n1C. The lowest BCUT2D eigenvalue weighted by atomic mass is 9.99. The molecule has 0 aliphatic heterocycles. The molecule has 0 N–H and O–H groups in total. The number of imidazole rings is 2. The second-order valence-corrected chi connectivity index (χ2v) is 7.45. The Morgan fingerprint density at radius 1 is 0.607 bits per heavy atom. The maximum Gasteiger partial charge on any atom is 0.141 e. The molecule has 2 aromatic heterocycles. The van der Waals surface area contributed by atoms with Crippen LogP contribution in [0.3, 0.4) is 0 Å². The molecule has 0 radical (unpaired) electrons. The van der Waals surface area contributed by atoms with Crippen molar-refractivity contribution in [2.24, 2.45) is 14.1 Å². The van der Waals surface area contributed by atoms with Gasteiger partial charge in [0.1, 0.15) is 11.6 Å². The molecule has 3 aromatic carbocycles. The average molecular weight is 366 g/mol. The van der Waals surface area contributed by atoms with Gasteiger partial charge in [0.15, 0.2) is 0 Å². The number of hydrogen-bond donors (Lipinski definition) is 0. The van der Waals surface area contributed by atoms with E-state index in [2.05, 4.69) is 85.6 Å². The molecule has 0 unspecified atom stereocenters. The Labute approximate surface area is 164 Å². The Bertz CT molecular complexity index is 1250. The molecule has 28 heavy (non-hydrogen) atoms. The van der Waals surface area contributed by atoms with Crippen LogP contribution in [0.15, 0.2) is 60.7 Å². The highest BCUT2D eigenvalue weighted by Gasteiger charge is 2.17. The van der Waals surface area contributed by atoms with Crippen molar-refractivity contribution < 1.29 is 0 Å². The molecule has 4 nitrogen and oxygen atoms in total. The first-order valence-electron chi connectivity index (χ1n) is 9.49. The summed E-state index contributed by atoms with van der Waals surface area (Å²) >= 11 is 0. The van der Waals surface area contributed by atoms with Gasteiger partial charge in [0.25, 0.3) is 0 Å². The Morgan fingerprint density at radius 2 is 1.04 bits per heavy atom. The molecule has 0 atom stereocenters. The molecule has 2 heterocycles. The molecule has 0 fully saturated rings. The summed E-state index contributed by atoms with van der Waals surface area (Å²) in [5.41, 5.74) is 9.05. The van der Waals surface area contributed by atoms with Crippen LogP contribution in [0.25, 0.3) is 44.8 Å². The highest BCUT2D eigenvalue weighted by atomic mass is 15.1. The Balaban J connectivity index is 1.77. The summed E-state index contributed by atoms with van der Waals surface area (Å²) in [7, 11) is 4.16. The lowest BCUT2D eigenvalue weighted by Gasteiger charge is -2.13. The molecule has 0 saturated heterocycles. The number of benzene rings is 3. The number of aryl methyl sites for hydroxylation is 4. The molecule has 0 bridgehead atoms. The van der Waals surface area contributed by atoms with Crippen LogP contribution in [0.1, 0.15) is 11.1 Å². The summed E-state index contributed by atoms with van der Waals surface area (Å²) in [6, 6.07) is 21.0. The average Bonchev–Trinajstić information content (AvgIpc) is 3.20. The minimum absolute atomic E-state index is 0.985. The smallest absolute Gasteiger partial charge is 0.141 e. The van der Waals surface area contributed by atoms with Gasteiger partial charge < -0.3 is 9.13 Å². The van der Waals surface area contributed by atoms with Gasteiger partial charge in [0, 0.05) is 25.2 Å². The molecule has 5 rings (SSSR count). The van der Waals surface area contributed by atoms with Crippen molar-refractivity contribution in [1.82, 2.24) is 19.1 Å². The Hall–Kier alpha value is -3.40. The first-order valence-corrected chi connectivity index (χ1v) is 9.49. The molecular formula is C24H22N4. The van der Waals surface area contributed by atoms with E-state index < -0.39 is 0 Å². The zero-order valence-electron chi connectivity index (χ0n) is 16.6. The van der Waals surface area contributed by atoms with E-state index in [0.717, 1.165) is 44.8 Å². The molecule has 0 aliphatic carbocycles. The third-order valence-corrected chi connectivity index (χ3v) is 5.63. The first-order chi connectivity index (χ1) is 13.5. The number of para-hydroxylation sites is 4. The van der Waals surface area contributed by atoms with Crippen molar-refractivity contribution in [2.45, 2.75) is 13.8 Å². The highest BCUT2D eigenvalue weighted by molar-refractivity contribution is 5.85. The monoisotopic (exact) mass is 366 g/mol. The zero-order valence-corrected chi connectivity index (χ0v) is 16.6. The second kappa shape index (κ2) is 6.06. The minimum Gasteiger partial charge on any atom is -0.327 e. The minimum atomic E-state index is 0.985. The van der Waals surface area contributed by atoms with E-state index in [1.54, 1.807) is 0 Å². The normalized spacial score (nSPS) is 11.6. The highest BCUT2D eigenvalue weighted by Crippen LogP contribution is 2.33. The van der Waals surface area contributed by atoms with E-state index in [4.69, 9.17) is 9.97 Å². The predicted octanol–water partition coefficient (Wildman–Crippen LogP) is 5.41. The summed E-state index contributed by atoms with van der Waals surface area (Å²) in [6.45, 7) is 4.31. The predicted molar refractivity (Wildman–Crippen MR) is 115 cm³/mol. The van der Waals surface area contributed by atoms with Crippen LogP contribution in [0.2, 0.25) is 0 Å². The van der Waals surface area contributed by atoms with Crippen LogP contribution in [0.4, 0.5) is 0 Å². The maximum absolute atomic E-state index is 4.91.